The highest BCUT2D eigenvalue weighted by molar-refractivity contribution is 4.85. The molecule has 2 N–H and O–H groups in total. The molecular weight excluding hydrogens is 192 g/mol. The minimum Gasteiger partial charge on any atom is -0.388 e. The van der Waals surface area contributed by atoms with Gasteiger partial charge in [-0.1, -0.05) is 0 Å². The van der Waals surface area contributed by atoms with Crippen LogP contribution in [0, 0.1) is 0 Å². The van der Waals surface area contributed by atoms with E-state index in [2.05, 4.69) is 0 Å². The summed E-state index contributed by atoms with van der Waals surface area (Å²) in [5.41, 5.74) is 0. The molecule has 6 nitrogen and oxygen atoms in total. The van der Waals surface area contributed by atoms with Crippen LogP contribution in [0.1, 0.15) is 0 Å². The average molecular weight is 206 g/mol. The maximum Gasteiger partial charge on any atom is 0.147 e. The molecule has 0 aromatic rings. The first-order valence-electron chi connectivity index (χ1n) is 4.54. The van der Waals surface area contributed by atoms with Gasteiger partial charge in [0.1, 0.15) is 38.0 Å². The van der Waals surface area contributed by atoms with Gasteiger partial charge in [-0.25, -0.2) is 0 Å². The number of ether oxygens (including phenoxy) is 4. The third-order valence-corrected chi connectivity index (χ3v) is 2.35. The highest BCUT2D eigenvalue weighted by atomic mass is 16.7. The standard InChI is InChI=1S/C8H14O6/c9-5-1-11-3-13-7(5)8-6(10)2-12-4-14-8/h5-10H,1-4H2. The Hall–Kier alpha value is -0.240. The van der Waals surface area contributed by atoms with Gasteiger partial charge in [-0.05, 0) is 0 Å². The SMILES string of the molecule is OC1COCOC1C1OCOCC1O. The second-order valence-corrected chi connectivity index (χ2v) is 3.37. The van der Waals surface area contributed by atoms with Crippen LogP contribution in [-0.4, -0.2) is 61.4 Å². The van der Waals surface area contributed by atoms with E-state index in [0.29, 0.717) is 0 Å². The van der Waals surface area contributed by atoms with E-state index >= 15 is 0 Å². The van der Waals surface area contributed by atoms with Crippen molar-refractivity contribution in [2.24, 2.45) is 0 Å². The summed E-state index contributed by atoms with van der Waals surface area (Å²) in [4.78, 5) is 0. The third-order valence-electron chi connectivity index (χ3n) is 2.35. The molecule has 0 amide bonds. The first-order chi connectivity index (χ1) is 6.79. The first kappa shape index (κ1) is 10.3. The molecule has 0 aromatic carbocycles. The molecule has 2 aliphatic heterocycles. The normalized spacial score (nSPS) is 45.0. The summed E-state index contributed by atoms with van der Waals surface area (Å²) in [6, 6.07) is 0. The number of rotatable bonds is 1. The summed E-state index contributed by atoms with van der Waals surface area (Å²) in [5, 5.41) is 19.1. The van der Waals surface area contributed by atoms with Crippen molar-refractivity contribution < 1.29 is 29.2 Å². The van der Waals surface area contributed by atoms with Crippen LogP contribution in [0.5, 0.6) is 0 Å². The molecule has 82 valence electrons. The Bertz CT molecular complexity index is 167. The maximum absolute atomic E-state index is 9.56. The molecule has 2 rings (SSSR count). The van der Waals surface area contributed by atoms with Crippen molar-refractivity contribution in [1.82, 2.24) is 0 Å². The van der Waals surface area contributed by atoms with Crippen LogP contribution in [0.3, 0.4) is 0 Å². The van der Waals surface area contributed by atoms with Gasteiger partial charge in [-0.3, -0.25) is 0 Å². The van der Waals surface area contributed by atoms with Crippen LogP contribution in [0.4, 0.5) is 0 Å². The summed E-state index contributed by atoms with van der Waals surface area (Å²) in [5.74, 6) is 0. The molecule has 2 fully saturated rings. The Balaban J connectivity index is 1.96. The molecule has 2 saturated heterocycles. The van der Waals surface area contributed by atoms with Crippen LogP contribution in [-0.2, 0) is 18.9 Å². The van der Waals surface area contributed by atoms with E-state index in [0.717, 1.165) is 0 Å². The van der Waals surface area contributed by atoms with Gasteiger partial charge in [0.05, 0.1) is 13.2 Å². The third kappa shape index (κ3) is 2.05. The highest BCUT2D eigenvalue weighted by Crippen LogP contribution is 2.19. The Labute approximate surface area is 81.3 Å². The van der Waals surface area contributed by atoms with Gasteiger partial charge >= 0.3 is 0 Å². The summed E-state index contributed by atoms with van der Waals surface area (Å²) in [6.07, 6.45) is -2.60. The van der Waals surface area contributed by atoms with Gasteiger partial charge in [-0.2, -0.15) is 0 Å². The smallest absolute Gasteiger partial charge is 0.147 e. The lowest BCUT2D eigenvalue weighted by atomic mass is 10.0. The van der Waals surface area contributed by atoms with Gasteiger partial charge in [-0.15, -0.1) is 0 Å². The minimum atomic E-state index is -0.762. The van der Waals surface area contributed by atoms with Crippen molar-refractivity contribution in [3.8, 4) is 0 Å². The fourth-order valence-electron chi connectivity index (χ4n) is 1.63. The number of hydrogen-bond acceptors (Lipinski definition) is 6. The van der Waals surface area contributed by atoms with Crippen LogP contribution in [0.2, 0.25) is 0 Å². The predicted octanol–water partition coefficient (Wildman–Crippen LogP) is -1.55. The minimum absolute atomic E-state index is 0.120. The molecule has 2 heterocycles. The highest BCUT2D eigenvalue weighted by Gasteiger charge is 2.39. The number of hydrogen-bond donors (Lipinski definition) is 2. The Morgan fingerprint density at radius 1 is 0.786 bits per heavy atom. The van der Waals surface area contributed by atoms with E-state index in [1.807, 2.05) is 0 Å². The molecule has 14 heavy (non-hydrogen) atoms. The second kappa shape index (κ2) is 4.52. The molecule has 0 spiro atoms. The zero-order valence-electron chi connectivity index (χ0n) is 7.67. The topological polar surface area (TPSA) is 77.4 Å². The number of aliphatic hydroxyl groups excluding tert-OH is 2. The molecule has 0 aliphatic carbocycles. The second-order valence-electron chi connectivity index (χ2n) is 3.37. The lowest BCUT2D eigenvalue weighted by molar-refractivity contribution is -0.277. The van der Waals surface area contributed by atoms with Gasteiger partial charge in [0, 0.05) is 0 Å². The van der Waals surface area contributed by atoms with Crippen LogP contribution >= 0.6 is 0 Å². The fraction of sp³-hybridized carbons (Fsp3) is 1.00. The van der Waals surface area contributed by atoms with E-state index in [-0.39, 0.29) is 26.8 Å². The molecule has 6 heteroatoms. The largest absolute Gasteiger partial charge is 0.388 e. The average Bonchev–Trinajstić information content (AvgIpc) is 2.20. The van der Waals surface area contributed by atoms with Crippen molar-refractivity contribution in [2.75, 3.05) is 26.8 Å². The molecule has 0 aromatic heterocycles. The van der Waals surface area contributed by atoms with Crippen molar-refractivity contribution in [3.63, 3.8) is 0 Å². The Morgan fingerprint density at radius 3 is 1.57 bits per heavy atom. The lowest BCUT2D eigenvalue weighted by Gasteiger charge is -2.38. The number of aliphatic hydroxyl groups is 2. The molecule has 2 aliphatic rings. The van der Waals surface area contributed by atoms with Gasteiger partial charge in [0.2, 0.25) is 0 Å². The van der Waals surface area contributed by atoms with Crippen molar-refractivity contribution in [2.45, 2.75) is 24.4 Å². The summed E-state index contributed by atoms with van der Waals surface area (Å²) in [6.45, 7) is 0.653. The van der Waals surface area contributed by atoms with Gasteiger partial charge < -0.3 is 29.2 Å². The fourth-order valence-corrected chi connectivity index (χ4v) is 1.63. The molecule has 4 atom stereocenters. The summed E-state index contributed by atoms with van der Waals surface area (Å²) in [7, 11) is 0. The first-order valence-corrected chi connectivity index (χ1v) is 4.54. The zero-order valence-corrected chi connectivity index (χ0v) is 7.67. The summed E-state index contributed by atoms with van der Waals surface area (Å²) >= 11 is 0. The quantitative estimate of drug-likeness (QED) is 0.541. The molecule has 0 radical (unpaired) electrons. The maximum atomic E-state index is 9.56. The van der Waals surface area contributed by atoms with Crippen LogP contribution in [0.15, 0.2) is 0 Å². The van der Waals surface area contributed by atoms with E-state index in [1.54, 1.807) is 0 Å². The van der Waals surface area contributed by atoms with E-state index in [4.69, 9.17) is 18.9 Å². The molecule has 0 saturated carbocycles. The zero-order chi connectivity index (χ0) is 9.97. The Morgan fingerprint density at radius 2 is 1.21 bits per heavy atom. The van der Waals surface area contributed by atoms with Crippen molar-refractivity contribution >= 4 is 0 Å². The molecular formula is C8H14O6. The Kier molecular flexibility index (Phi) is 3.32. The van der Waals surface area contributed by atoms with E-state index < -0.39 is 24.4 Å². The van der Waals surface area contributed by atoms with Gasteiger partial charge in [0.25, 0.3) is 0 Å². The molecule has 0 bridgehead atoms. The van der Waals surface area contributed by atoms with Crippen LogP contribution < -0.4 is 0 Å². The predicted molar refractivity (Wildman–Crippen MR) is 43.4 cm³/mol. The van der Waals surface area contributed by atoms with Crippen molar-refractivity contribution in [3.05, 3.63) is 0 Å². The van der Waals surface area contributed by atoms with Crippen LogP contribution in [0.25, 0.3) is 0 Å². The summed E-state index contributed by atoms with van der Waals surface area (Å²) < 4.78 is 20.2. The van der Waals surface area contributed by atoms with Gasteiger partial charge in [0.15, 0.2) is 0 Å². The van der Waals surface area contributed by atoms with E-state index in [1.165, 1.54) is 0 Å². The monoisotopic (exact) mass is 206 g/mol. The molecule has 4 unspecified atom stereocenters. The lowest BCUT2D eigenvalue weighted by Crippen LogP contribution is -2.55. The van der Waals surface area contributed by atoms with Crippen molar-refractivity contribution in [1.29, 1.82) is 0 Å². The van der Waals surface area contributed by atoms with E-state index in [9.17, 15) is 10.2 Å².